The second kappa shape index (κ2) is 2.86. The third-order valence-corrected chi connectivity index (χ3v) is 2.59. The fraction of sp³-hybridized carbons (Fsp3) is 0. The van der Waals surface area contributed by atoms with Crippen LogP contribution in [0.1, 0.15) is 0 Å². The van der Waals surface area contributed by atoms with E-state index in [1.54, 1.807) is 6.20 Å². The molecule has 12 heavy (non-hydrogen) atoms. The highest BCUT2D eigenvalue weighted by Gasteiger charge is 2.16. The molecule has 0 saturated heterocycles. The first-order valence-corrected chi connectivity index (χ1v) is 4.35. The van der Waals surface area contributed by atoms with Gasteiger partial charge in [-0.3, -0.25) is 4.98 Å². The topological polar surface area (TPSA) is 53.4 Å². The summed E-state index contributed by atoms with van der Waals surface area (Å²) < 4.78 is 0.840. The van der Waals surface area contributed by atoms with Crippen molar-refractivity contribution in [1.82, 2.24) is 4.98 Å². The van der Waals surface area contributed by atoms with Crippen molar-refractivity contribution in [2.75, 3.05) is 0 Å². The van der Waals surface area contributed by atoms with Gasteiger partial charge in [0.1, 0.15) is 0 Å². The Balaban J connectivity index is 2.73. The fourth-order valence-corrected chi connectivity index (χ4v) is 2.00. The van der Waals surface area contributed by atoms with E-state index in [0.29, 0.717) is 5.59 Å². The summed E-state index contributed by atoms with van der Waals surface area (Å²) in [6, 6.07) is 3.77. The lowest BCUT2D eigenvalue weighted by Gasteiger charge is -1.98. The van der Waals surface area contributed by atoms with Crippen molar-refractivity contribution in [2.45, 2.75) is 0 Å². The number of aromatic nitrogens is 1. The van der Waals surface area contributed by atoms with E-state index < -0.39 is 7.12 Å². The molecular weight excluding hydrogens is 173 g/mol. The minimum atomic E-state index is -1.48. The van der Waals surface area contributed by atoms with E-state index in [9.17, 15) is 0 Å². The predicted molar refractivity (Wildman–Crippen MR) is 49.4 cm³/mol. The minimum absolute atomic E-state index is 0.336. The molecule has 0 atom stereocenters. The van der Waals surface area contributed by atoms with E-state index in [1.807, 2.05) is 17.5 Å². The van der Waals surface area contributed by atoms with Crippen LogP contribution in [0.2, 0.25) is 0 Å². The van der Waals surface area contributed by atoms with Gasteiger partial charge in [0.2, 0.25) is 0 Å². The molecule has 3 nitrogen and oxygen atoms in total. The van der Waals surface area contributed by atoms with E-state index >= 15 is 0 Å². The van der Waals surface area contributed by atoms with Crippen LogP contribution < -0.4 is 5.59 Å². The predicted octanol–water partition coefficient (Wildman–Crippen LogP) is -0.0239. The van der Waals surface area contributed by atoms with Crippen LogP contribution in [-0.4, -0.2) is 22.2 Å². The van der Waals surface area contributed by atoms with Gasteiger partial charge in [0, 0.05) is 6.20 Å². The zero-order valence-electron chi connectivity index (χ0n) is 6.14. The number of rotatable bonds is 1. The summed E-state index contributed by atoms with van der Waals surface area (Å²) in [4.78, 5) is 3.89. The van der Waals surface area contributed by atoms with Crippen LogP contribution in [-0.2, 0) is 0 Å². The molecule has 0 aliphatic heterocycles. The fourth-order valence-electron chi connectivity index (χ4n) is 1.10. The number of hydrogen-bond donors (Lipinski definition) is 2. The smallest absolute Gasteiger partial charge is 0.422 e. The van der Waals surface area contributed by atoms with Crippen molar-refractivity contribution < 1.29 is 10.0 Å². The molecule has 0 saturated carbocycles. The first kappa shape index (κ1) is 7.73. The SMILES string of the molecule is OB(O)c1nccc2ccsc12. The van der Waals surface area contributed by atoms with Crippen molar-refractivity contribution in [1.29, 1.82) is 0 Å². The molecule has 0 aliphatic rings. The number of pyridine rings is 1. The Morgan fingerprint density at radius 3 is 2.92 bits per heavy atom. The van der Waals surface area contributed by atoms with Gasteiger partial charge in [-0.2, -0.15) is 0 Å². The summed E-state index contributed by atoms with van der Waals surface area (Å²) in [5, 5.41) is 20.8. The summed E-state index contributed by atoms with van der Waals surface area (Å²) in [5.41, 5.74) is 0.336. The number of nitrogens with zero attached hydrogens (tertiary/aromatic N) is 1. The zero-order chi connectivity index (χ0) is 8.55. The van der Waals surface area contributed by atoms with Gasteiger partial charge < -0.3 is 10.0 Å². The molecule has 2 rings (SSSR count). The Morgan fingerprint density at radius 1 is 1.33 bits per heavy atom. The molecule has 0 unspecified atom stereocenters. The van der Waals surface area contributed by atoms with Crippen LogP contribution in [0.25, 0.3) is 10.1 Å². The van der Waals surface area contributed by atoms with Crippen LogP contribution >= 0.6 is 11.3 Å². The Bertz CT molecular complexity index is 401. The molecule has 0 radical (unpaired) electrons. The summed E-state index contributed by atoms with van der Waals surface area (Å²) >= 11 is 1.46. The molecule has 2 N–H and O–H groups in total. The Morgan fingerprint density at radius 2 is 2.17 bits per heavy atom. The highest BCUT2D eigenvalue weighted by atomic mass is 32.1. The third kappa shape index (κ3) is 1.12. The molecule has 60 valence electrons. The maximum atomic E-state index is 8.94. The lowest BCUT2D eigenvalue weighted by Crippen LogP contribution is -2.32. The van der Waals surface area contributed by atoms with Crippen LogP contribution in [0.15, 0.2) is 23.7 Å². The lowest BCUT2D eigenvalue weighted by atomic mass is 9.85. The quantitative estimate of drug-likeness (QED) is 0.604. The second-order valence-corrected chi connectivity index (χ2v) is 3.32. The van der Waals surface area contributed by atoms with E-state index in [2.05, 4.69) is 4.98 Å². The normalized spacial score (nSPS) is 10.5. The number of thiophene rings is 1. The van der Waals surface area contributed by atoms with Gasteiger partial charge in [-0.05, 0) is 22.9 Å². The van der Waals surface area contributed by atoms with Crippen molar-refractivity contribution in [3.8, 4) is 0 Å². The van der Waals surface area contributed by atoms with Crippen molar-refractivity contribution in [3.05, 3.63) is 23.7 Å². The summed E-state index contributed by atoms with van der Waals surface area (Å²) in [7, 11) is -1.48. The largest absolute Gasteiger partial charge is 0.509 e. The second-order valence-electron chi connectivity index (χ2n) is 2.41. The summed E-state index contributed by atoms with van der Waals surface area (Å²) in [5.74, 6) is 0. The lowest BCUT2D eigenvalue weighted by molar-refractivity contribution is 0.425. The third-order valence-electron chi connectivity index (χ3n) is 1.64. The molecule has 0 bridgehead atoms. The van der Waals surface area contributed by atoms with Gasteiger partial charge in [-0.1, -0.05) is 0 Å². The molecule has 0 spiro atoms. The molecule has 0 aromatic carbocycles. The highest BCUT2D eigenvalue weighted by Crippen LogP contribution is 2.16. The zero-order valence-corrected chi connectivity index (χ0v) is 6.95. The van der Waals surface area contributed by atoms with Gasteiger partial charge in [0.25, 0.3) is 0 Å². The molecule has 2 aromatic rings. The summed E-state index contributed by atoms with van der Waals surface area (Å²) in [6.45, 7) is 0. The molecule has 5 heteroatoms. The maximum Gasteiger partial charge on any atom is 0.509 e. The van der Waals surface area contributed by atoms with E-state index in [1.165, 1.54) is 11.3 Å². The molecule has 0 amide bonds. The molecular formula is C7H6BNO2S. The van der Waals surface area contributed by atoms with Crippen molar-refractivity contribution in [3.63, 3.8) is 0 Å². The van der Waals surface area contributed by atoms with Crippen LogP contribution in [0.5, 0.6) is 0 Å². The van der Waals surface area contributed by atoms with Crippen molar-refractivity contribution in [2.24, 2.45) is 0 Å². The molecule has 2 heterocycles. The van der Waals surface area contributed by atoms with Gasteiger partial charge in [-0.15, -0.1) is 11.3 Å². The van der Waals surface area contributed by atoms with Gasteiger partial charge in [-0.25, -0.2) is 0 Å². The van der Waals surface area contributed by atoms with Crippen molar-refractivity contribution >= 4 is 34.1 Å². The van der Waals surface area contributed by atoms with E-state index in [-0.39, 0.29) is 0 Å². The summed E-state index contributed by atoms with van der Waals surface area (Å²) in [6.07, 6.45) is 1.57. The van der Waals surface area contributed by atoms with Crippen LogP contribution in [0, 0.1) is 0 Å². The Labute approximate surface area is 73.5 Å². The first-order chi connectivity index (χ1) is 5.79. The van der Waals surface area contributed by atoms with Gasteiger partial charge in [0.15, 0.2) is 0 Å². The molecule has 0 aliphatic carbocycles. The standard InChI is InChI=1S/C7H6BNO2S/c10-8(11)7-6-5(1-3-9-7)2-4-12-6/h1-4,10-11H. The monoisotopic (exact) mass is 179 g/mol. The van der Waals surface area contributed by atoms with Crippen LogP contribution in [0.4, 0.5) is 0 Å². The Kier molecular flexibility index (Phi) is 1.84. The average molecular weight is 179 g/mol. The Hall–Kier alpha value is -0.905. The average Bonchev–Trinajstić information content (AvgIpc) is 2.49. The van der Waals surface area contributed by atoms with E-state index in [4.69, 9.17) is 10.0 Å². The maximum absolute atomic E-state index is 8.94. The van der Waals surface area contributed by atoms with Gasteiger partial charge in [0.05, 0.1) is 10.3 Å². The number of hydrogen-bond acceptors (Lipinski definition) is 4. The van der Waals surface area contributed by atoms with E-state index in [0.717, 1.165) is 10.1 Å². The minimum Gasteiger partial charge on any atom is -0.422 e. The van der Waals surface area contributed by atoms with Gasteiger partial charge >= 0.3 is 7.12 Å². The highest BCUT2D eigenvalue weighted by molar-refractivity contribution is 7.18. The molecule has 0 fully saturated rings. The molecule has 2 aromatic heterocycles. The van der Waals surface area contributed by atoms with Crippen LogP contribution in [0.3, 0.4) is 0 Å². The number of fused-ring (bicyclic) bond motifs is 1. The first-order valence-electron chi connectivity index (χ1n) is 3.47.